The van der Waals surface area contributed by atoms with Gasteiger partial charge < -0.3 is 10.1 Å². The van der Waals surface area contributed by atoms with Gasteiger partial charge in [-0.05, 0) is 79.7 Å². The molecule has 0 aliphatic heterocycles. The first-order valence-electron chi connectivity index (χ1n) is 11.2. The molecule has 2 N–H and O–H groups in total. The van der Waals surface area contributed by atoms with Crippen LogP contribution in [-0.2, 0) is 10.0 Å². The number of nitrogens with zero attached hydrogens (tertiary/aromatic N) is 1. The van der Waals surface area contributed by atoms with Crippen LogP contribution in [0.25, 0.3) is 0 Å². The first kappa shape index (κ1) is 26.2. The Balaban J connectivity index is 1.64. The Morgan fingerprint density at radius 2 is 1.69 bits per heavy atom. The van der Waals surface area contributed by atoms with Gasteiger partial charge in [0.25, 0.3) is 15.9 Å². The van der Waals surface area contributed by atoms with E-state index in [4.69, 9.17) is 17.0 Å². The molecule has 3 aromatic carbocycles. The molecule has 35 heavy (non-hydrogen) atoms. The SMILES string of the molecule is CCN(c1ccccc1)S(=O)(=O)c1ccc(NC(=S)NC(=O)c2cccc(OCC(C)C)c2)cc1. The summed E-state index contributed by atoms with van der Waals surface area (Å²) in [4.78, 5) is 12.7. The van der Waals surface area contributed by atoms with Crippen molar-refractivity contribution < 1.29 is 17.9 Å². The number of amides is 1. The van der Waals surface area contributed by atoms with E-state index in [0.29, 0.717) is 41.8 Å². The number of benzene rings is 3. The normalized spacial score (nSPS) is 11.1. The third-order valence-corrected chi connectivity index (χ3v) is 7.06. The first-order valence-corrected chi connectivity index (χ1v) is 13.1. The molecule has 0 heterocycles. The second-order valence-electron chi connectivity index (χ2n) is 8.17. The van der Waals surface area contributed by atoms with Crippen molar-refractivity contribution in [3.05, 3.63) is 84.4 Å². The van der Waals surface area contributed by atoms with E-state index in [1.165, 1.54) is 16.4 Å². The predicted molar refractivity (Wildman–Crippen MR) is 144 cm³/mol. The summed E-state index contributed by atoms with van der Waals surface area (Å²) in [6.07, 6.45) is 0. The van der Waals surface area contributed by atoms with E-state index in [-0.39, 0.29) is 15.9 Å². The summed E-state index contributed by atoms with van der Waals surface area (Å²) in [5.41, 5.74) is 1.56. The van der Waals surface area contributed by atoms with Gasteiger partial charge in [0.1, 0.15) is 5.75 Å². The molecule has 7 nitrogen and oxygen atoms in total. The molecule has 0 saturated carbocycles. The minimum Gasteiger partial charge on any atom is -0.493 e. The van der Waals surface area contributed by atoms with Crippen LogP contribution < -0.4 is 19.7 Å². The molecule has 0 spiro atoms. The third kappa shape index (κ3) is 7.03. The number of carbonyl (C=O) groups excluding carboxylic acids is 1. The van der Waals surface area contributed by atoms with Gasteiger partial charge in [0.2, 0.25) is 0 Å². The van der Waals surface area contributed by atoms with Gasteiger partial charge in [0, 0.05) is 17.8 Å². The summed E-state index contributed by atoms with van der Waals surface area (Å²) >= 11 is 5.26. The van der Waals surface area contributed by atoms with Crippen LogP contribution in [0.4, 0.5) is 11.4 Å². The fourth-order valence-electron chi connectivity index (χ4n) is 3.25. The molecule has 0 saturated heterocycles. The zero-order chi connectivity index (χ0) is 25.4. The number of thiocarbonyl (C=S) groups is 1. The summed E-state index contributed by atoms with van der Waals surface area (Å²) in [7, 11) is -3.73. The molecule has 1 amide bonds. The zero-order valence-corrected chi connectivity index (χ0v) is 21.5. The lowest BCUT2D eigenvalue weighted by atomic mass is 10.2. The number of hydrogen-bond acceptors (Lipinski definition) is 5. The smallest absolute Gasteiger partial charge is 0.264 e. The van der Waals surface area contributed by atoms with E-state index in [0.717, 1.165) is 0 Å². The second-order valence-corrected chi connectivity index (χ2v) is 10.4. The van der Waals surface area contributed by atoms with Crippen molar-refractivity contribution in [1.29, 1.82) is 0 Å². The topological polar surface area (TPSA) is 87.7 Å². The average molecular weight is 512 g/mol. The third-order valence-electron chi connectivity index (χ3n) is 4.94. The van der Waals surface area contributed by atoms with Crippen molar-refractivity contribution in [3.63, 3.8) is 0 Å². The molecular weight excluding hydrogens is 482 g/mol. The Labute approximate surface area is 212 Å². The molecular formula is C26H29N3O4S2. The van der Waals surface area contributed by atoms with E-state index in [1.54, 1.807) is 67.6 Å². The molecule has 0 radical (unpaired) electrons. The molecule has 0 atom stereocenters. The summed E-state index contributed by atoms with van der Waals surface area (Å²) in [5.74, 6) is 0.603. The van der Waals surface area contributed by atoms with Crippen LogP contribution in [0.2, 0.25) is 0 Å². The molecule has 0 unspecified atom stereocenters. The van der Waals surface area contributed by atoms with Gasteiger partial charge >= 0.3 is 0 Å². The van der Waals surface area contributed by atoms with E-state index >= 15 is 0 Å². The van der Waals surface area contributed by atoms with Gasteiger partial charge in [0.05, 0.1) is 17.2 Å². The molecule has 3 aromatic rings. The van der Waals surface area contributed by atoms with Gasteiger partial charge in [-0.3, -0.25) is 14.4 Å². The lowest BCUT2D eigenvalue weighted by Gasteiger charge is -2.23. The maximum absolute atomic E-state index is 13.1. The Hall–Kier alpha value is -3.43. The van der Waals surface area contributed by atoms with Gasteiger partial charge in [0.15, 0.2) is 5.11 Å². The number of sulfonamides is 1. The van der Waals surface area contributed by atoms with Gasteiger partial charge in [-0.1, -0.05) is 38.1 Å². The highest BCUT2D eigenvalue weighted by Gasteiger charge is 2.23. The number of hydrogen-bond donors (Lipinski definition) is 2. The standard InChI is InChI=1S/C26H29N3O4S2/c1-4-29(22-10-6-5-7-11-22)35(31,32)24-15-13-21(14-16-24)27-26(34)28-25(30)20-9-8-12-23(17-20)33-18-19(2)3/h5-17,19H,4,18H2,1-3H3,(H2,27,28,30,34). The van der Waals surface area contributed by atoms with Crippen molar-refractivity contribution in [2.75, 3.05) is 22.8 Å². The van der Waals surface area contributed by atoms with Crippen molar-refractivity contribution in [2.45, 2.75) is 25.7 Å². The number of anilines is 2. The van der Waals surface area contributed by atoms with Crippen LogP contribution >= 0.6 is 12.2 Å². The molecule has 0 aliphatic rings. The fourth-order valence-corrected chi connectivity index (χ4v) is 4.93. The van der Waals surface area contributed by atoms with Crippen molar-refractivity contribution in [3.8, 4) is 5.75 Å². The second kappa shape index (κ2) is 11.8. The lowest BCUT2D eigenvalue weighted by molar-refractivity contribution is 0.0977. The Morgan fingerprint density at radius 3 is 2.31 bits per heavy atom. The predicted octanol–water partition coefficient (Wildman–Crippen LogP) is 5.06. The quantitative estimate of drug-likeness (QED) is 0.390. The van der Waals surface area contributed by atoms with E-state index in [1.807, 2.05) is 19.9 Å². The van der Waals surface area contributed by atoms with Crippen LogP contribution in [0.5, 0.6) is 5.75 Å². The van der Waals surface area contributed by atoms with Crippen LogP contribution in [0.3, 0.4) is 0 Å². The first-order chi connectivity index (χ1) is 16.7. The van der Waals surface area contributed by atoms with Gasteiger partial charge in [-0.15, -0.1) is 0 Å². The summed E-state index contributed by atoms with van der Waals surface area (Å²) < 4.78 is 33.3. The Morgan fingerprint density at radius 1 is 1.00 bits per heavy atom. The molecule has 0 aliphatic carbocycles. The average Bonchev–Trinajstić information content (AvgIpc) is 2.84. The molecule has 9 heteroatoms. The molecule has 184 valence electrons. The fraction of sp³-hybridized carbons (Fsp3) is 0.231. The van der Waals surface area contributed by atoms with Crippen molar-refractivity contribution >= 4 is 44.6 Å². The highest BCUT2D eigenvalue weighted by Crippen LogP contribution is 2.24. The number of carbonyl (C=O) groups is 1. The van der Waals surface area contributed by atoms with Crippen molar-refractivity contribution in [1.82, 2.24) is 5.32 Å². The van der Waals surface area contributed by atoms with Crippen LogP contribution in [0.15, 0.2) is 83.8 Å². The van der Waals surface area contributed by atoms with Crippen LogP contribution in [-0.4, -0.2) is 32.6 Å². The highest BCUT2D eigenvalue weighted by molar-refractivity contribution is 7.92. The minimum atomic E-state index is -3.73. The Kier molecular flexibility index (Phi) is 8.84. The Bertz CT molecular complexity index is 1260. The van der Waals surface area contributed by atoms with Crippen LogP contribution in [0, 0.1) is 5.92 Å². The minimum absolute atomic E-state index is 0.0959. The summed E-state index contributed by atoms with van der Waals surface area (Å²) in [5, 5.41) is 5.64. The van der Waals surface area contributed by atoms with E-state index < -0.39 is 10.0 Å². The largest absolute Gasteiger partial charge is 0.493 e. The summed E-state index contributed by atoms with van der Waals surface area (Å²) in [6, 6.07) is 22.0. The van der Waals surface area contributed by atoms with Gasteiger partial charge in [-0.2, -0.15) is 0 Å². The van der Waals surface area contributed by atoms with E-state index in [9.17, 15) is 13.2 Å². The summed E-state index contributed by atoms with van der Waals surface area (Å²) in [6.45, 7) is 6.73. The number of ether oxygens (including phenoxy) is 1. The number of nitrogens with one attached hydrogen (secondary N) is 2. The van der Waals surface area contributed by atoms with Gasteiger partial charge in [-0.25, -0.2) is 8.42 Å². The van der Waals surface area contributed by atoms with E-state index in [2.05, 4.69) is 10.6 Å². The monoisotopic (exact) mass is 511 g/mol. The number of para-hydroxylation sites is 1. The van der Waals surface area contributed by atoms with Crippen molar-refractivity contribution in [2.24, 2.45) is 5.92 Å². The maximum Gasteiger partial charge on any atom is 0.264 e. The zero-order valence-electron chi connectivity index (χ0n) is 19.9. The van der Waals surface area contributed by atoms with Crippen LogP contribution in [0.1, 0.15) is 31.1 Å². The highest BCUT2D eigenvalue weighted by atomic mass is 32.2. The molecule has 3 rings (SSSR count). The lowest BCUT2D eigenvalue weighted by Crippen LogP contribution is -2.34. The number of rotatable bonds is 9. The maximum atomic E-state index is 13.1. The molecule has 0 fully saturated rings. The molecule has 0 aromatic heterocycles. The molecule has 0 bridgehead atoms.